The molecule has 13 heavy (non-hydrogen) atoms. The predicted octanol–water partition coefficient (Wildman–Crippen LogP) is 0.845. The zero-order valence-electron chi connectivity index (χ0n) is 10.3. The molecule has 1 nitrogen and oxygen atoms in total. The maximum Gasteiger partial charge on any atom is 1.00 e. The van der Waals surface area contributed by atoms with E-state index in [-0.39, 0.29) is 51.4 Å². The molecule has 1 heterocycles. The number of hydrogen-bond donors (Lipinski definition) is 0. The molecule has 0 amide bonds. The fraction of sp³-hybridized carbons (Fsp3) is 1.00. The first-order chi connectivity index (χ1) is 5.75. The van der Waals surface area contributed by atoms with Crippen molar-refractivity contribution < 1.29 is 51.4 Å². The van der Waals surface area contributed by atoms with E-state index >= 15 is 0 Å². The quantitative estimate of drug-likeness (QED) is 0.599. The number of nitrogens with zero attached hydrogens (tertiary/aromatic N) is 1. The van der Waals surface area contributed by atoms with E-state index in [1.165, 1.54) is 12.8 Å². The Morgan fingerprint density at radius 3 is 2.15 bits per heavy atom. The molecule has 1 fully saturated rings. The molecule has 1 saturated heterocycles. The van der Waals surface area contributed by atoms with Crippen LogP contribution in [0.3, 0.4) is 0 Å². The van der Waals surface area contributed by atoms with Crippen LogP contribution in [0.15, 0.2) is 0 Å². The second-order valence-corrected chi connectivity index (χ2v) is 3.60. The van der Waals surface area contributed by atoms with Gasteiger partial charge in [-0.25, -0.2) is 0 Å². The summed E-state index contributed by atoms with van der Waals surface area (Å²) < 4.78 is 0. The van der Waals surface area contributed by atoms with Crippen LogP contribution in [0.2, 0.25) is 0 Å². The van der Waals surface area contributed by atoms with Crippen molar-refractivity contribution >= 4 is 0 Å². The first-order valence-electron chi connectivity index (χ1n) is 5.42. The Balaban J connectivity index is 0. The van der Waals surface area contributed by atoms with Crippen LogP contribution in [-0.2, 0) is 0 Å². The van der Waals surface area contributed by atoms with E-state index in [9.17, 15) is 0 Å². The van der Waals surface area contributed by atoms with Gasteiger partial charge in [0.1, 0.15) is 0 Å². The fourth-order valence-corrected chi connectivity index (χ4v) is 1.91. The topological polar surface area (TPSA) is 14.1 Å². The second-order valence-electron chi connectivity index (χ2n) is 3.60. The molecule has 1 aliphatic heterocycles. The summed E-state index contributed by atoms with van der Waals surface area (Å²) in [7, 11) is 0. The minimum absolute atomic E-state index is 0. The predicted molar refractivity (Wildman–Crippen MR) is 56.6 cm³/mol. The van der Waals surface area contributed by atoms with Crippen LogP contribution in [0.4, 0.5) is 0 Å². The molecule has 0 N–H and O–H groups in total. The van der Waals surface area contributed by atoms with Crippen LogP contribution in [0, 0.1) is 11.8 Å². The monoisotopic (exact) mass is 209 g/mol. The maximum atomic E-state index is 4.59. The van der Waals surface area contributed by atoms with Gasteiger partial charge in [0.2, 0.25) is 0 Å². The van der Waals surface area contributed by atoms with Crippen molar-refractivity contribution in [3.63, 3.8) is 0 Å². The van der Waals surface area contributed by atoms with Crippen LogP contribution in [0.1, 0.15) is 47.5 Å². The van der Waals surface area contributed by atoms with E-state index in [0.717, 1.165) is 18.4 Å². The Kier molecular flexibility index (Phi) is 13.2. The summed E-state index contributed by atoms with van der Waals surface area (Å²) in [5.41, 5.74) is 0. The van der Waals surface area contributed by atoms with Crippen molar-refractivity contribution in [1.82, 2.24) is 0 Å². The molecular weight excluding hydrogens is 185 g/mol. The molecule has 0 aromatic carbocycles. The maximum absolute atomic E-state index is 4.59. The third-order valence-corrected chi connectivity index (χ3v) is 2.53. The Bertz CT molecular complexity index is 104. The first kappa shape index (κ1) is 17.0. The molecule has 0 aromatic rings. The summed E-state index contributed by atoms with van der Waals surface area (Å²) in [5.74, 6) is 1.65. The van der Waals surface area contributed by atoms with Gasteiger partial charge in [-0.3, -0.25) is 0 Å². The molecule has 0 saturated carbocycles. The Morgan fingerprint density at radius 1 is 1.31 bits per heavy atom. The zero-order valence-corrected chi connectivity index (χ0v) is 13.4. The van der Waals surface area contributed by atoms with E-state index < -0.39 is 0 Å². The van der Waals surface area contributed by atoms with Gasteiger partial charge in [-0.15, -0.1) is 12.6 Å². The van der Waals surface area contributed by atoms with Crippen LogP contribution < -0.4 is 51.4 Å². The van der Waals surface area contributed by atoms with Gasteiger partial charge in [-0.1, -0.05) is 59.3 Å². The van der Waals surface area contributed by atoms with Gasteiger partial charge in [0.05, 0.1) is 0 Å². The van der Waals surface area contributed by atoms with E-state index in [2.05, 4.69) is 26.1 Å². The largest absolute Gasteiger partial charge is 1.00 e. The molecule has 0 radical (unpaired) electrons. The van der Waals surface area contributed by atoms with E-state index in [1.54, 1.807) is 0 Å². The van der Waals surface area contributed by atoms with Crippen molar-refractivity contribution in [1.29, 1.82) is 0 Å². The summed E-state index contributed by atoms with van der Waals surface area (Å²) in [6.07, 6.45) is 2.64. The van der Waals surface area contributed by atoms with Crippen molar-refractivity contribution in [2.75, 3.05) is 6.54 Å². The van der Waals surface area contributed by atoms with Crippen LogP contribution in [0.25, 0.3) is 5.32 Å². The second kappa shape index (κ2) is 10.1. The Labute approximate surface area is 127 Å². The SMILES string of the molecule is CC.CCC1CC[N-]C1C(C)C.[K+]. The van der Waals surface area contributed by atoms with Gasteiger partial charge in [-0.05, 0) is 0 Å². The molecule has 74 valence electrons. The van der Waals surface area contributed by atoms with Gasteiger partial charge in [-0.2, -0.15) is 0 Å². The van der Waals surface area contributed by atoms with Gasteiger partial charge in [0, 0.05) is 0 Å². The Morgan fingerprint density at radius 2 is 1.85 bits per heavy atom. The van der Waals surface area contributed by atoms with Crippen LogP contribution >= 0.6 is 0 Å². The number of hydrogen-bond acceptors (Lipinski definition) is 0. The third kappa shape index (κ3) is 5.91. The summed E-state index contributed by atoms with van der Waals surface area (Å²) in [6.45, 7) is 12.0. The van der Waals surface area contributed by atoms with Crippen molar-refractivity contribution in [2.45, 2.75) is 53.5 Å². The zero-order chi connectivity index (χ0) is 9.56. The standard InChI is InChI=1S/C9H18N.C2H6.K/c1-4-8-5-6-10-9(8)7(2)3;1-2;/h7-9H,4-6H2,1-3H3;1-2H3;/q-1;;+1. The van der Waals surface area contributed by atoms with Crippen LogP contribution in [0.5, 0.6) is 0 Å². The molecule has 0 spiro atoms. The van der Waals surface area contributed by atoms with Gasteiger partial charge in [0.25, 0.3) is 0 Å². The van der Waals surface area contributed by atoms with Crippen LogP contribution in [-0.4, -0.2) is 12.6 Å². The average molecular weight is 209 g/mol. The summed E-state index contributed by atoms with van der Waals surface area (Å²) in [4.78, 5) is 0. The fourth-order valence-electron chi connectivity index (χ4n) is 1.91. The van der Waals surface area contributed by atoms with Crippen molar-refractivity contribution in [3.8, 4) is 0 Å². The molecular formula is C11H24KN. The van der Waals surface area contributed by atoms with Crippen molar-refractivity contribution in [3.05, 3.63) is 5.32 Å². The first-order valence-corrected chi connectivity index (χ1v) is 5.42. The van der Waals surface area contributed by atoms with Gasteiger partial charge >= 0.3 is 51.4 Å². The van der Waals surface area contributed by atoms with Gasteiger partial charge < -0.3 is 5.32 Å². The summed E-state index contributed by atoms with van der Waals surface area (Å²) >= 11 is 0. The Hall–Kier alpha value is 1.60. The molecule has 1 aliphatic rings. The van der Waals surface area contributed by atoms with E-state index in [0.29, 0.717) is 6.04 Å². The molecule has 1 rings (SSSR count). The smallest absolute Gasteiger partial charge is 0.659 e. The summed E-state index contributed by atoms with van der Waals surface area (Å²) in [6, 6.07) is 0.671. The molecule has 2 atom stereocenters. The summed E-state index contributed by atoms with van der Waals surface area (Å²) in [5, 5.41) is 4.59. The molecule has 2 unspecified atom stereocenters. The number of rotatable bonds is 2. The average Bonchev–Trinajstić information content (AvgIpc) is 2.55. The van der Waals surface area contributed by atoms with E-state index in [4.69, 9.17) is 0 Å². The van der Waals surface area contributed by atoms with Gasteiger partial charge in [0.15, 0.2) is 0 Å². The molecule has 0 aromatic heterocycles. The van der Waals surface area contributed by atoms with E-state index in [1.807, 2.05) is 13.8 Å². The molecule has 0 bridgehead atoms. The minimum Gasteiger partial charge on any atom is -0.659 e. The minimum atomic E-state index is 0. The van der Waals surface area contributed by atoms with Crippen molar-refractivity contribution in [2.24, 2.45) is 11.8 Å². The normalized spacial score (nSPS) is 26.3. The molecule has 0 aliphatic carbocycles. The third-order valence-electron chi connectivity index (χ3n) is 2.53. The molecule has 2 heteroatoms.